The van der Waals surface area contributed by atoms with E-state index in [0.717, 1.165) is 11.0 Å². The Kier molecular flexibility index (Phi) is 2.31. The molecule has 0 aliphatic heterocycles. The molecule has 2 aromatic heterocycles. The van der Waals surface area contributed by atoms with E-state index in [1.807, 2.05) is 24.3 Å². The predicted octanol–water partition coefficient (Wildman–Crippen LogP) is 1.10. The summed E-state index contributed by atoms with van der Waals surface area (Å²) in [4.78, 5) is 8.70. The SMILES string of the molecule is C(=N/n1cnnc1)/c1cnc2ccccc2n1. The summed E-state index contributed by atoms with van der Waals surface area (Å²) >= 11 is 0. The molecular weight excluding hydrogens is 216 g/mol. The lowest BCUT2D eigenvalue weighted by Gasteiger charge is -1.96. The van der Waals surface area contributed by atoms with Gasteiger partial charge in [0.05, 0.1) is 23.4 Å². The Hall–Kier alpha value is -2.63. The first kappa shape index (κ1) is 9.59. The van der Waals surface area contributed by atoms with E-state index in [1.54, 1.807) is 12.4 Å². The fraction of sp³-hybridized carbons (Fsp3) is 0. The van der Waals surface area contributed by atoms with Crippen molar-refractivity contribution in [3.63, 3.8) is 0 Å². The molecule has 3 aromatic rings. The maximum absolute atomic E-state index is 4.41. The Morgan fingerprint density at radius 1 is 1.06 bits per heavy atom. The molecular formula is C11H8N6. The largest absolute Gasteiger partial charge is 0.252 e. The van der Waals surface area contributed by atoms with E-state index >= 15 is 0 Å². The number of fused-ring (bicyclic) bond motifs is 1. The lowest BCUT2D eigenvalue weighted by Crippen LogP contribution is -1.93. The van der Waals surface area contributed by atoms with E-state index in [2.05, 4.69) is 25.3 Å². The first-order chi connectivity index (χ1) is 8.42. The van der Waals surface area contributed by atoms with Gasteiger partial charge in [-0.3, -0.25) is 4.98 Å². The van der Waals surface area contributed by atoms with Crippen molar-refractivity contribution < 1.29 is 0 Å². The fourth-order valence-electron chi connectivity index (χ4n) is 1.41. The van der Waals surface area contributed by atoms with Gasteiger partial charge < -0.3 is 0 Å². The Morgan fingerprint density at radius 3 is 2.65 bits per heavy atom. The minimum Gasteiger partial charge on any atom is -0.252 e. The number of benzene rings is 1. The molecule has 17 heavy (non-hydrogen) atoms. The number of rotatable bonds is 2. The molecule has 1 aromatic carbocycles. The predicted molar refractivity (Wildman–Crippen MR) is 62.6 cm³/mol. The first-order valence-electron chi connectivity index (χ1n) is 5.02. The number of aromatic nitrogens is 5. The molecule has 0 amide bonds. The van der Waals surface area contributed by atoms with Crippen LogP contribution in [0.3, 0.4) is 0 Å². The zero-order chi connectivity index (χ0) is 11.5. The van der Waals surface area contributed by atoms with Gasteiger partial charge in [0.15, 0.2) is 0 Å². The third kappa shape index (κ3) is 2.00. The van der Waals surface area contributed by atoms with Gasteiger partial charge in [-0.25, -0.2) is 9.66 Å². The maximum Gasteiger partial charge on any atom is 0.141 e. The van der Waals surface area contributed by atoms with Crippen LogP contribution in [0.4, 0.5) is 0 Å². The van der Waals surface area contributed by atoms with Crippen LogP contribution in [0.5, 0.6) is 0 Å². The van der Waals surface area contributed by atoms with Gasteiger partial charge in [-0.2, -0.15) is 5.10 Å². The molecule has 0 aliphatic carbocycles. The average Bonchev–Trinajstić information content (AvgIpc) is 2.89. The second-order valence-corrected chi connectivity index (χ2v) is 3.37. The zero-order valence-electron chi connectivity index (χ0n) is 8.80. The topological polar surface area (TPSA) is 68.8 Å². The summed E-state index contributed by atoms with van der Waals surface area (Å²) in [5.41, 5.74) is 2.41. The standard InChI is InChI=1S/C11H8N6/c1-2-4-11-10(3-1)12-5-9(16-11)6-15-17-7-13-14-8-17/h1-8H/b15-6-. The van der Waals surface area contributed by atoms with Crippen molar-refractivity contribution in [1.29, 1.82) is 0 Å². The molecule has 0 bridgehead atoms. The van der Waals surface area contributed by atoms with Gasteiger partial charge in [0.25, 0.3) is 0 Å². The molecule has 6 nitrogen and oxygen atoms in total. The Morgan fingerprint density at radius 2 is 1.82 bits per heavy atom. The molecule has 82 valence electrons. The van der Waals surface area contributed by atoms with Gasteiger partial charge in [-0.1, -0.05) is 12.1 Å². The third-order valence-corrected chi connectivity index (χ3v) is 2.20. The highest BCUT2D eigenvalue weighted by molar-refractivity contribution is 5.81. The van der Waals surface area contributed by atoms with Crippen molar-refractivity contribution in [3.8, 4) is 0 Å². The summed E-state index contributed by atoms with van der Waals surface area (Å²) < 4.78 is 1.50. The lowest BCUT2D eigenvalue weighted by molar-refractivity contribution is 0.877. The van der Waals surface area contributed by atoms with Crippen LogP contribution < -0.4 is 0 Å². The minimum atomic E-state index is 0.692. The normalized spacial score (nSPS) is 11.3. The Balaban J connectivity index is 1.96. The van der Waals surface area contributed by atoms with Crippen molar-refractivity contribution in [2.75, 3.05) is 0 Å². The zero-order valence-corrected chi connectivity index (χ0v) is 8.80. The minimum absolute atomic E-state index is 0.692. The van der Waals surface area contributed by atoms with E-state index in [4.69, 9.17) is 0 Å². The molecule has 0 unspecified atom stereocenters. The van der Waals surface area contributed by atoms with Gasteiger partial charge in [-0.05, 0) is 12.1 Å². The molecule has 2 heterocycles. The van der Waals surface area contributed by atoms with Crippen LogP contribution in [-0.4, -0.2) is 31.1 Å². The van der Waals surface area contributed by atoms with E-state index < -0.39 is 0 Å². The van der Waals surface area contributed by atoms with Crippen LogP contribution in [0, 0.1) is 0 Å². The smallest absolute Gasteiger partial charge is 0.141 e. The molecule has 0 aliphatic rings. The van der Waals surface area contributed by atoms with E-state index in [1.165, 1.54) is 17.3 Å². The van der Waals surface area contributed by atoms with Crippen molar-refractivity contribution in [2.45, 2.75) is 0 Å². The number of nitrogens with zero attached hydrogens (tertiary/aromatic N) is 6. The highest BCUT2D eigenvalue weighted by atomic mass is 15.4. The van der Waals surface area contributed by atoms with Gasteiger partial charge in [0, 0.05) is 0 Å². The molecule has 6 heteroatoms. The summed E-state index contributed by atoms with van der Waals surface area (Å²) in [6.45, 7) is 0. The molecule has 0 saturated carbocycles. The second-order valence-electron chi connectivity index (χ2n) is 3.37. The molecule has 0 fully saturated rings. The highest BCUT2D eigenvalue weighted by Crippen LogP contribution is 2.07. The van der Waals surface area contributed by atoms with Gasteiger partial charge in [0.2, 0.25) is 0 Å². The van der Waals surface area contributed by atoms with Crippen LogP contribution in [0.25, 0.3) is 11.0 Å². The number of para-hydroxylation sites is 2. The summed E-state index contributed by atoms with van der Waals surface area (Å²) in [6, 6.07) is 7.70. The molecule has 0 spiro atoms. The number of hydrogen-bond donors (Lipinski definition) is 0. The van der Waals surface area contributed by atoms with Crippen molar-refractivity contribution in [1.82, 2.24) is 24.8 Å². The third-order valence-electron chi connectivity index (χ3n) is 2.20. The molecule has 0 N–H and O–H groups in total. The van der Waals surface area contributed by atoms with Crippen LogP contribution >= 0.6 is 0 Å². The van der Waals surface area contributed by atoms with Crippen molar-refractivity contribution in [3.05, 3.63) is 48.8 Å². The molecule has 3 rings (SSSR count). The summed E-state index contributed by atoms with van der Waals surface area (Å²) in [6.07, 6.45) is 6.30. The van der Waals surface area contributed by atoms with E-state index in [9.17, 15) is 0 Å². The van der Waals surface area contributed by atoms with Gasteiger partial charge >= 0.3 is 0 Å². The van der Waals surface area contributed by atoms with Gasteiger partial charge in [0.1, 0.15) is 18.3 Å². The van der Waals surface area contributed by atoms with Crippen molar-refractivity contribution >= 4 is 17.2 Å². The summed E-state index contributed by atoms with van der Waals surface area (Å²) in [7, 11) is 0. The summed E-state index contributed by atoms with van der Waals surface area (Å²) in [5.74, 6) is 0. The van der Waals surface area contributed by atoms with E-state index in [-0.39, 0.29) is 0 Å². The summed E-state index contributed by atoms with van der Waals surface area (Å²) in [5, 5.41) is 11.4. The van der Waals surface area contributed by atoms with Gasteiger partial charge in [-0.15, -0.1) is 10.2 Å². The van der Waals surface area contributed by atoms with Crippen LogP contribution in [0.2, 0.25) is 0 Å². The Bertz CT molecular complexity index is 659. The first-order valence-corrected chi connectivity index (χ1v) is 5.02. The fourth-order valence-corrected chi connectivity index (χ4v) is 1.41. The van der Waals surface area contributed by atoms with Crippen LogP contribution in [0.15, 0.2) is 48.2 Å². The second kappa shape index (κ2) is 4.09. The highest BCUT2D eigenvalue weighted by Gasteiger charge is 1.96. The van der Waals surface area contributed by atoms with Crippen molar-refractivity contribution in [2.24, 2.45) is 5.10 Å². The number of hydrogen-bond acceptors (Lipinski definition) is 5. The molecule has 0 saturated heterocycles. The molecule has 0 atom stereocenters. The molecule has 0 radical (unpaired) electrons. The quantitative estimate of drug-likeness (QED) is 0.611. The maximum atomic E-state index is 4.41. The average molecular weight is 224 g/mol. The Labute approximate surface area is 96.7 Å². The van der Waals surface area contributed by atoms with E-state index in [0.29, 0.717) is 5.69 Å². The van der Waals surface area contributed by atoms with Crippen LogP contribution in [-0.2, 0) is 0 Å². The van der Waals surface area contributed by atoms with Crippen LogP contribution in [0.1, 0.15) is 5.69 Å². The lowest BCUT2D eigenvalue weighted by atomic mass is 10.3. The monoisotopic (exact) mass is 224 g/mol.